The van der Waals surface area contributed by atoms with Gasteiger partial charge in [-0.25, -0.2) is 0 Å². The minimum Gasteiger partial charge on any atom is -0.459 e. The molecular weight excluding hydrogens is 408 g/mol. The first-order valence-electron chi connectivity index (χ1n) is 11.2. The molecule has 0 unspecified atom stereocenters. The van der Waals surface area contributed by atoms with Gasteiger partial charge >= 0.3 is 5.97 Å². The lowest BCUT2D eigenvalue weighted by Crippen LogP contribution is -2.57. The van der Waals surface area contributed by atoms with E-state index in [0.717, 1.165) is 5.56 Å². The van der Waals surface area contributed by atoms with Crippen molar-refractivity contribution in [2.75, 3.05) is 13.6 Å². The maximum Gasteiger partial charge on any atom is 0.323 e. The summed E-state index contributed by atoms with van der Waals surface area (Å²) in [7, 11) is 1.54. The quantitative estimate of drug-likeness (QED) is 0.360. The number of nitrogens with one attached hydrogen (secondary N) is 3. The van der Waals surface area contributed by atoms with Crippen LogP contribution in [0.3, 0.4) is 0 Å². The van der Waals surface area contributed by atoms with Crippen LogP contribution in [-0.4, -0.2) is 55.1 Å². The topological polar surface area (TPSA) is 123 Å². The highest BCUT2D eigenvalue weighted by atomic mass is 16.6. The van der Waals surface area contributed by atoms with E-state index in [-0.39, 0.29) is 24.3 Å². The van der Waals surface area contributed by atoms with Gasteiger partial charge in [0.15, 0.2) is 0 Å². The summed E-state index contributed by atoms with van der Waals surface area (Å²) < 4.78 is 5.50. The normalized spacial score (nSPS) is 14.4. The van der Waals surface area contributed by atoms with Crippen LogP contribution < -0.4 is 21.7 Å². The van der Waals surface area contributed by atoms with Gasteiger partial charge in [0.1, 0.15) is 17.7 Å². The predicted molar refractivity (Wildman–Crippen MR) is 126 cm³/mol. The van der Waals surface area contributed by atoms with Gasteiger partial charge in [0.25, 0.3) is 0 Å². The first kappa shape index (κ1) is 27.6. The van der Waals surface area contributed by atoms with Gasteiger partial charge in [0.2, 0.25) is 11.8 Å². The molecule has 0 radical (unpaired) electrons. The summed E-state index contributed by atoms with van der Waals surface area (Å²) in [6, 6.07) is 7.36. The smallest absolute Gasteiger partial charge is 0.323 e. The van der Waals surface area contributed by atoms with Crippen LogP contribution in [0.1, 0.15) is 53.0 Å². The maximum absolute atomic E-state index is 13.2. The molecule has 0 fully saturated rings. The molecule has 32 heavy (non-hydrogen) atoms. The molecule has 1 aromatic rings. The van der Waals surface area contributed by atoms with Crippen molar-refractivity contribution in [2.45, 2.75) is 77.6 Å². The van der Waals surface area contributed by atoms with E-state index in [0.29, 0.717) is 19.3 Å². The highest BCUT2D eigenvalue weighted by Crippen LogP contribution is 2.13. The minimum atomic E-state index is -0.735. The number of carbonyl (C=O) groups is 3. The number of rotatable bonds is 12. The molecule has 0 aliphatic heterocycles. The fraction of sp³-hybridized carbons (Fsp3) is 0.625. The number of likely N-dealkylation sites (N-methyl/N-ethyl adjacent to an activating group) is 1. The van der Waals surface area contributed by atoms with E-state index in [1.54, 1.807) is 20.8 Å². The molecule has 8 heteroatoms. The van der Waals surface area contributed by atoms with Gasteiger partial charge in [-0.2, -0.15) is 0 Å². The van der Waals surface area contributed by atoms with Crippen molar-refractivity contribution in [1.82, 2.24) is 16.0 Å². The van der Waals surface area contributed by atoms with Crippen LogP contribution in [0.5, 0.6) is 0 Å². The number of hydrogen-bond acceptors (Lipinski definition) is 6. The minimum absolute atomic E-state index is 0.183. The highest BCUT2D eigenvalue weighted by Gasteiger charge is 2.31. The molecule has 2 amide bonds. The number of nitrogens with two attached hydrogens (primary N) is 1. The van der Waals surface area contributed by atoms with E-state index in [4.69, 9.17) is 10.5 Å². The Morgan fingerprint density at radius 3 is 2.12 bits per heavy atom. The van der Waals surface area contributed by atoms with Gasteiger partial charge in [0.05, 0.1) is 6.04 Å². The van der Waals surface area contributed by atoms with Crippen LogP contribution in [0.2, 0.25) is 0 Å². The second kappa shape index (κ2) is 13.2. The van der Waals surface area contributed by atoms with Gasteiger partial charge in [0, 0.05) is 13.5 Å². The van der Waals surface area contributed by atoms with Crippen molar-refractivity contribution in [3.8, 4) is 0 Å². The Balaban J connectivity index is 3.02. The van der Waals surface area contributed by atoms with Gasteiger partial charge in [-0.15, -0.1) is 0 Å². The predicted octanol–water partition coefficient (Wildman–Crippen LogP) is 1.52. The lowest BCUT2D eigenvalue weighted by atomic mass is 9.99. The van der Waals surface area contributed by atoms with E-state index in [1.165, 1.54) is 7.05 Å². The molecule has 0 aromatic heterocycles. The Labute approximate surface area is 192 Å². The molecule has 180 valence electrons. The van der Waals surface area contributed by atoms with Gasteiger partial charge in [-0.05, 0) is 51.6 Å². The first-order valence-corrected chi connectivity index (χ1v) is 11.2. The standard InChI is InChI=1S/C24H40N4O4/c1-16(2)14-19(27-18(12-13-25)23(31)32-24(3,4)5)22(30)28-20(21(29)26-6)15-17-10-8-7-9-11-17/h7-11,16,18-20,27H,12-15,25H2,1-6H3,(H,26,29)(H,28,30)/t18-,19+,20+/m1/s1. The van der Waals surface area contributed by atoms with E-state index in [9.17, 15) is 14.4 Å². The molecule has 8 nitrogen and oxygen atoms in total. The van der Waals surface area contributed by atoms with Gasteiger partial charge in [-0.3, -0.25) is 19.7 Å². The lowest BCUT2D eigenvalue weighted by Gasteiger charge is -2.29. The van der Waals surface area contributed by atoms with Crippen LogP contribution in [-0.2, 0) is 25.5 Å². The van der Waals surface area contributed by atoms with Gasteiger partial charge in [-0.1, -0.05) is 44.2 Å². The zero-order chi connectivity index (χ0) is 24.3. The fourth-order valence-corrected chi connectivity index (χ4v) is 3.28. The zero-order valence-electron chi connectivity index (χ0n) is 20.2. The average Bonchev–Trinajstić information content (AvgIpc) is 2.70. The zero-order valence-corrected chi connectivity index (χ0v) is 20.2. The molecule has 3 atom stereocenters. The molecule has 0 bridgehead atoms. The van der Waals surface area contributed by atoms with Crippen molar-refractivity contribution >= 4 is 17.8 Å². The number of carbonyl (C=O) groups excluding carboxylic acids is 3. The Morgan fingerprint density at radius 2 is 1.62 bits per heavy atom. The van der Waals surface area contributed by atoms with E-state index in [2.05, 4.69) is 16.0 Å². The Kier molecular flexibility index (Phi) is 11.4. The molecule has 0 aliphatic rings. The summed E-state index contributed by atoms with van der Waals surface area (Å²) >= 11 is 0. The van der Waals surface area contributed by atoms with Crippen LogP contribution >= 0.6 is 0 Å². The second-order valence-corrected chi connectivity index (χ2v) is 9.38. The summed E-state index contributed by atoms with van der Waals surface area (Å²) in [5.74, 6) is -0.885. The Bertz CT molecular complexity index is 731. The average molecular weight is 449 g/mol. The summed E-state index contributed by atoms with van der Waals surface area (Å²) in [4.78, 5) is 38.3. The SMILES string of the molecule is CNC(=O)[C@H](Cc1ccccc1)NC(=O)[C@H](CC(C)C)N[C@H](CCN)C(=O)OC(C)(C)C. The third kappa shape index (κ3) is 10.2. The monoisotopic (exact) mass is 448 g/mol. The number of esters is 1. The second-order valence-electron chi connectivity index (χ2n) is 9.38. The summed E-state index contributed by atoms with van der Waals surface area (Å²) in [6.07, 6.45) is 1.18. The van der Waals surface area contributed by atoms with Crippen LogP contribution in [0, 0.1) is 5.92 Å². The van der Waals surface area contributed by atoms with Crippen molar-refractivity contribution in [2.24, 2.45) is 11.7 Å². The number of benzene rings is 1. The van der Waals surface area contributed by atoms with Crippen LogP contribution in [0.15, 0.2) is 30.3 Å². The van der Waals surface area contributed by atoms with Crippen molar-refractivity contribution in [3.05, 3.63) is 35.9 Å². The van der Waals surface area contributed by atoms with Gasteiger partial charge < -0.3 is 21.1 Å². The number of hydrogen-bond donors (Lipinski definition) is 4. The highest BCUT2D eigenvalue weighted by molar-refractivity contribution is 5.90. The fourth-order valence-electron chi connectivity index (χ4n) is 3.28. The van der Waals surface area contributed by atoms with Crippen LogP contribution in [0.25, 0.3) is 0 Å². The summed E-state index contributed by atoms with van der Waals surface area (Å²) in [5.41, 5.74) is 5.99. The van der Waals surface area contributed by atoms with Crippen molar-refractivity contribution in [3.63, 3.8) is 0 Å². The first-order chi connectivity index (χ1) is 15.0. The van der Waals surface area contributed by atoms with E-state index < -0.39 is 29.7 Å². The lowest BCUT2D eigenvalue weighted by molar-refractivity contribution is -0.158. The van der Waals surface area contributed by atoms with Crippen molar-refractivity contribution in [1.29, 1.82) is 0 Å². The molecule has 1 aromatic carbocycles. The molecule has 0 heterocycles. The number of ether oxygens (including phenoxy) is 1. The van der Waals surface area contributed by atoms with E-state index >= 15 is 0 Å². The third-order valence-electron chi connectivity index (χ3n) is 4.73. The molecule has 0 saturated carbocycles. The molecule has 0 aliphatic carbocycles. The molecule has 1 rings (SSSR count). The van der Waals surface area contributed by atoms with E-state index in [1.807, 2.05) is 44.2 Å². The number of amides is 2. The summed E-state index contributed by atoms with van der Waals surface area (Å²) in [5, 5.41) is 8.61. The molecule has 5 N–H and O–H groups in total. The largest absolute Gasteiger partial charge is 0.459 e. The Hall–Kier alpha value is -2.45. The molecular formula is C24H40N4O4. The molecule has 0 saturated heterocycles. The third-order valence-corrected chi connectivity index (χ3v) is 4.73. The Morgan fingerprint density at radius 1 is 1.00 bits per heavy atom. The summed E-state index contributed by atoms with van der Waals surface area (Å²) in [6.45, 7) is 9.63. The molecule has 0 spiro atoms. The van der Waals surface area contributed by atoms with Crippen LogP contribution in [0.4, 0.5) is 0 Å². The maximum atomic E-state index is 13.2. The van der Waals surface area contributed by atoms with Crippen molar-refractivity contribution < 1.29 is 19.1 Å².